The Morgan fingerprint density at radius 2 is 1.39 bits per heavy atom. The number of Topliss-reactive ketones (excluding diaryl/α,β-unsaturated/α-hetero) is 1. The number of rotatable bonds is 5. The second-order valence-corrected chi connectivity index (χ2v) is 6.71. The number of hydrogen-bond donors (Lipinski definition) is 2. The molecule has 0 aliphatic carbocycles. The molecule has 0 radical (unpaired) electrons. The van der Waals surface area contributed by atoms with Gasteiger partial charge in [-0.25, -0.2) is 13.1 Å². The van der Waals surface area contributed by atoms with Gasteiger partial charge in [-0.2, -0.15) is 0 Å². The smallest absolute Gasteiger partial charge is 0.255 e. The van der Waals surface area contributed by atoms with Crippen molar-refractivity contribution in [3.63, 3.8) is 0 Å². The lowest BCUT2D eigenvalue weighted by molar-refractivity contribution is 0.101. The van der Waals surface area contributed by atoms with Gasteiger partial charge in [0, 0.05) is 16.8 Å². The van der Waals surface area contributed by atoms with Crippen LogP contribution in [0.2, 0.25) is 0 Å². The van der Waals surface area contributed by atoms with Crippen molar-refractivity contribution in [2.24, 2.45) is 0 Å². The first kappa shape index (κ1) is 16.9. The normalized spacial score (nSPS) is 11.0. The lowest BCUT2D eigenvalue weighted by Crippen LogP contribution is -2.19. The van der Waals surface area contributed by atoms with E-state index in [1.165, 1.54) is 38.2 Å². The lowest BCUT2D eigenvalue weighted by Gasteiger charge is -2.07. The molecular formula is C16H16N2O4S. The molecule has 120 valence electrons. The van der Waals surface area contributed by atoms with Gasteiger partial charge in [-0.3, -0.25) is 9.59 Å². The Kier molecular flexibility index (Phi) is 4.92. The Balaban J connectivity index is 2.13. The SMILES string of the molecule is CNS(=O)(=O)c1ccc(C(=O)Nc2ccc(C(C)=O)cc2)cc1. The topological polar surface area (TPSA) is 92.3 Å². The molecule has 0 aliphatic heterocycles. The zero-order valence-corrected chi connectivity index (χ0v) is 13.5. The van der Waals surface area contributed by atoms with E-state index in [0.717, 1.165) is 0 Å². The standard InChI is InChI=1S/C16H16N2O4S/c1-11(19)12-3-7-14(8-4-12)18-16(20)13-5-9-15(10-6-13)23(21,22)17-2/h3-10,17H,1-2H3,(H,18,20). The van der Waals surface area contributed by atoms with Crippen molar-refractivity contribution in [1.29, 1.82) is 0 Å². The summed E-state index contributed by atoms with van der Waals surface area (Å²) in [6, 6.07) is 12.1. The highest BCUT2D eigenvalue weighted by Gasteiger charge is 2.12. The molecule has 0 atom stereocenters. The van der Waals surface area contributed by atoms with Gasteiger partial charge in [0.1, 0.15) is 0 Å². The third kappa shape index (κ3) is 4.02. The van der Waals surface area contributed by atoms with Gasteiger partial charge >= 0.3 is 0 Å². The van der Waals surface area contributed by atoms with E-state index < -0.39 is 10.0 Å². The number of anilines is 1. The Labute approximate surface area is 134 Å². The molecule has 0 aliphatic rings. The van der Waals surface area contributed by atoms with E-state index in [4.69, 9.17) is 0 Å². The van der Waals surface area contributed by atoms with Gasteiger partial charge in [-0.05, 0) is 62.5 Å². The number of carbonyl (C=O) groups excluding carboxylic acids is 2. The minimum absolute atomic E-state index is 0.0517. The minimum atomic E-state index is -3.53. The van der Waals surface area contributed by atoms with E-state index in [2.05, 4.69) is 10.0 Å². The van der Waals surface area contributed by atoms with Crippen LogP contribution < -0.4 is 10.0 Å². The first-order valence-electron chi connectivity index (χ1n) is 6.79. The zero-order valence-electron chi connectivity index (χ0n) is 12.7. The molecule has 0 spiro atoms. The molecule has 1 amide bonds. The number of ketones is 1. The highest BCUT2D eigenvalue weighted by Crippen LogP contribution is 2.14. The van der Waals surface area contributed by atoms with Crippen LogP contribution in [0.3, 0.4) is 0 Å². The second kappa shape index (κ2) is 6.72. The molecule has 0 aromatic heterocycles. The quantitative estimate of drug-likeness (QED) is 0.820. The third-order valence-electron chi connectivity index (χ3n) is 3.24. The number of sulfonamides is 1. The molecule has 0 heterocycles. The molecule has 2 N–H and O–H groups in total. The molecule has 0 saturated heterocycles. The largest absolute Gasteiger partial charge is 0.322 e. The van der Waals surface area contributed by atoms with E-state index in [0.29, 0.717) is 16.8 Å². The van der Waals surface area contributed by atoms with E-state index in [1.54, 1.807) is 24.3 Å². The van der Waals surface area contributed by atoms with Crippen LogP contribution in [0.15, 0.2) is 53.4 Å². The van der Waals surface area contributed by atoms with Gasteiger partial charge in [0.05, 0.1) is 4.90 Å². The zero-order chi connectivity index (χ0) is 17.0. The minimum Gasteiger partial charge on any atom is -0.322 e. The Bertz CT molecular complexity index is 825. The molecule has 2 rings (SSSR count). The third-order valence-corrected chi connectivity index (χ3v) is 4.68. The number of nitrogens with one attached hydrogen (secondary N) is 2. The van der Waals surface area contributed by atoms with Gasteiger partial charge in [0.25, 0.3) is 5.91 Å². The maximum Gasteiger partial charge on any atom is 0.255 e. The molecule has 23 heavy (non-hydrogen) atoms. The van der Waals surface area contributed by atoms with Crippen LogP contribution in [0.25, 0.3) is 0 Å². The fraction of sp³-hybridized carbons (Fsp3) is 0.125. The molecule has 0 saturated carbocycles. The van der Waals surface area contributed by atoms with Gasteiger partial charge in [0.15, 0.2) is 5.78 Å². The van der Waals surface area contributed by atoms with Crippen molar-refractivity contribution in [2.75, 3.05) is 12.4 Å². The molecule has 2 aromatic rings. The van der Waals surface area contributed by atoms with Gasteiger partial charge < -0.3 is 5.32 Å². The van der Waals surface area contributed by atoms with Crippen molar-refractivity contribution < 1.29 is 18.0 Å². The summed E-state index contributed by atoms with van der Waals surface area (Å²) in [5.41, 5.74) is 1.44. The predicted octanol–water partition coefficient (Wildman–Crippen LogP) is 2.05. The maximum absolute atomic E-state index is 12.1. The van der Waals surface area contributed by atoms with Crippen molar-refractivity contribution in [2.45, 2.75) is 11.8 Å². The van der Waals surface area contributed by atoms with E-state index in [-0.39, 0.29) is 16.6 Å². The Morgan fingerprint density at radius 3 is 1.87 bits per heavy atom. The maximum atomic E-state index is 12.1. The van der Waals surface area contributed by atoms with E-state index in [9.17, 15) is 18.0 Å². The van der Waals surface area contributed by atoms with Crippen molar-refractivity contribution in [1.82, 2.24) is 4.72 Å². The fourth-order valence-electron chi connectivity index (χ4n) is 1.89. The number of carbonyl (C=O) groups is 2. The average Bonchev–Trinajstić information content (AvgIpc) is 2.55. The number of benzene rings is 2. The van der Waals surface area contributed by atoms with Crippen LogP contribution in [0, 0.1) is 0 Å². The summed E-state index contributed by atoms with van der Waals surface area (Å²) in [5, 5.41) is 2.68. The average molecular weight is 332 g/mol. The first-order chi connectivity index (χ1) is 10.8. The highest BCUT2D eigenvalue weighted by molar-refractivity contribution is 7.89. The van der Waals surface area contributed by atoms with Gasteiger partial charge in [0.2, 0.25) is 10.0 Å². The number of amides is 1. The van der Waals surface area contributed by atoms with Gasteiger partial charge in [-0.15, -0.1) is 0 Å². The summed E-state index contributed by atoms with van der Waals surface area (Å²) in [5.74, 6) is -0.418. The second-order valence-electron chi connectivity index (χ2n) is 4.82. The molecule has 7 heteroatoms. The summed E-state index contributed by atoms with van der Waals surface area (Å²) in [4.78, 5) is 23.4. The number of hydrogen-bond acceptors (Lipinski definition) is 4. The van der Waals surface area contributed by atoms with E-state index >= 15 is 0 Å². The summed E-state index contributed by atoms with van der Waals surface area (Å²) in [6.07, 6.45) is 0. The van der Waals surface area contributed by atoms with Crippen molar-refractivity contribution in [3.05, 3.63) is 59.7 Å². The monoisotopic (exact) mass is 332 g/mol. The summed E-state index contributed by atoms with van der Waals surface area (Å²) >= 11 is 0. The molecule has 0 unspecified atom stereocenters. The summed E-state index contributed by atoms with van der Waals surface area (Å²) in [7, 11) is -2.21. The van der Waals surface area contributed by atoms with E-state index in [1.807, 2.05) is 0 Å². The summed E-state index contributed by atoms with van der Waals surface area (Å²) < 4.78 is 25.4. The Morgan fingerprint density at radius 1 is 0.870 bits per heavy atom. The molecule has 0 fully saturated rings. The summed E-state index contributed by atoms with van der Waals surface area (Å²) in [6.45, 7) is 1.47. The van der Waals surface area contributed by atoms with Crippen LogP contribution in [-0.2, 0) is 10.0 Å². The van der Waals surface area contributed by atoms with Crippen LogP contribution in [-0.4, -0.2) is 27.2 Å². The Hall–Kier alpha value is -2.51. The molecule has 2 aromatic carbocycles. The molecule has 0 bridgehead atoms. The molecular weight excluding hydrogens is 316 g/mol. The predicted molar refractivity (Wildman–Crippen MR) is 87.1 cm³/mol. The van der Waals surface area contributed by atoms with Crippen LogP contribution in [0.5, 0.6) is 0 Å². The van der Waals surface area contributed by atoms with Crippen molar-refractivity contribution in [3.8, 4) is 0 Å². The van der Waals surface area contributed by atoms with Gasteiger partial charge in [-0.1, -0.05) is 0 Å². The van der Waals surface area contributed by atoms with Crippen molar-refractivity contribution >= 4 is 27.4 Å². The van der Waals surface area contributed by atoms with Crippen LogP contribution >= 0.6 is 0 Å². The lowest BCUT2D eigenvalue weighted by atomic mass is 10.1. The highest BCUT2D eigenvalue weighted by atomic mass is 32.2. The first-order valence-corrected chi connectivity index (χ1v) is 8.28. The fourth-order valence-corrected chi connectivity index (χ4v) is 2.62. The van der Waals surface area contributed by atoms with Crippen LogP contribution in [0.1, 0.15) is 27.6 Å². The molecule has 6 nitrogen and oxygen atoms in total. The van der Waals surface area contributed by atoms with Crippen LogP contribution in [0.4, 0.5) is 5.69 Å².